The molecule has 1 fully saturated rings. The second-order valence-corrected chi connectivity index (χ2v) is 8.31. The zero-order valence-corrected chi connectivity index (χ0v) is 17.7. The standard InChI is InChI=1S/C23H29NO3S/c1-17(2)27-23(25)24-14-12-18(13-15-24)16-26-21-8-4-19(5-9-21)20-6-10-22(28-3)11-7-20/h4-11,17-18H,12-16H2,1-3H3. The van der Waals surface area contributed by atoms with E-state index in [0.29, 0.717) is 12.5 Å². The first-order valence-electron chi connectivity index (χ1n) is 9.88. The fraction of sp³-hybridized carbons (Fsp3) is 0.435. The molecule has 0 aromatic heterocycles. The van der Waals surface area contributed by atoms with E-state index in [-0.39, 0.29) is 12.2 Å². The summed E-state index contributed by atoms with van der Waals surface area (Å²) >= 11 is 1.75. The first-order valence-corrected chi connectivity index (χ1v) is 11.1. The van der Waals surface area contributed by atoms with Gasteiger partial charge in [0.15, 0.2) is 0 Å². The van der Waals surface area contributed by atoms with Crippen molar-refractivity contribution in [2.45, 2.75) is 37.7 Å². The Balaban J connectivity index is 1.46. The molecule has 2 aromatic carbocycles. The number of likely N-dealkylation sites (tertiary alicyclic amines) is 1. The normalized spacial score (nSPS) is 14.9. The molecule has 1 aliphatic heterocycles. The molecule has 0 radical (unpaired) electrons. The van der Waals surface area contributed by atoms with Crippen molar-refractivity contribution in [1.29, 1.82) is 0 Å². The summed E-state index contributed by atoms with van der Waals surface area (Å²) < 4.78 is 11.3. The molecule has 1 saturated heterocycles. The van der Waals surface area contributed by atoms with Gasteiger partial charge in [0.25, 0.3) is 0 Å². The second kappa shape index (κ2) is 9.87. The Kier molecular flexibility index (Phi) is 7.26. The molecule has 0 N–H and O–H groups in total. The molecule has 150 valence electrons. The van der Waals surface area contributed by atoms with Gasteiger partial charge in [-0.3, -0.25) is 0 Å². The summed E-state index contributed by atoms with van der Waals surface area (Å²) in [6, 6.07) is 16.9. The quantitative estimate of drug-likeness (QED) is 0.583. The molecule has 0 aliphatic carbocycles. The average Bonchev–Trinajstić information content (AvgIpc) is 2.72. The third kappa shape index (κ3) is 5.68. The summed E-state index contributed by atoms with van der Waals surface area (Å²) in [6.07, 6.45) is 3.72. The van der Waals surface area contributed by atoms with Gasteiger partial charge >= 0.3 is 6.09 Å². The molecule has 1 amide bonds. The Morgan fingerprint density at radius 3 is 2.14 bits per heavy atom. The van der Waals surface area contributed by atoms with Crippen molar-refractivity contribution >= 4 is 17.9 Å². The number of nitrogens with zero attached hydrogens (tertiary/aromatic N) is 1. The predicted molar refractivity (Wildman–Crippen MR) is 115 cm³/mol. The molecule has 2 aromatic rings. The van der Waals surface area contributed by atoms with Crippen LogP contribution >= 0.6 is 11.8 Å². The maximum atomic E-state index is 12.0. The van der Waals surface area contributed by atoms with Crippen LogP contribution < -0.4 is 4.74 Å². The second-order valence-electron chi connectivity index (χ2n) is 7.43. The van der Waals surface area contributed by atoms with E-state index in [0.717, 1.165) is 31.7 Å². The largest absolute Gasteiger partial charge is 0.493 e. The van der Waals surface area contributed by atoms with Gasteiger partial charge in [0.1, 0.15) is 5.75 Å². The zero-order chi connectivity index (χ0) is 19.9. The van der Waals surface area contributed by atoms with E-state index in [9.17, 15) is 4.79 Å². The van der Waals surface area contributed by atoms with Gasteiger partial charge in [-0.2, -0.15) is 0 Å². The number of benzene rings is 2. The zero-order valence-electron chi connectivity index (χ0n) is 16.9. The van der Waals surface area contributed by atoms with E-state index < -0.39 is 0 Å². The Bertz CT molecular complexity index is 750. The summed E-state index contributed by atoms with van der Waals surface area (Å²) in [5.41, 5.74) is 2.40. The Morgan fingerprint density at radius 2 is 1.61 bits per heavy atom. The maximum absolute atomic E-state index is 12.0. The van der Waals surface area contributed by atoms with Crippen LogP contribution in [0.15, 0.2) is 53.4 Å². The molecule has 0 bridgehead atoms. The lowest BCUT2D eigenvalue weighted by molar-refractivity contribution is 0.0608. The first-order chi connectivity index (χ1) is 13.5. The molecule has 0 saturated carbocycles. The molecule has 0 atom stereocenters. The van der Waals surface area contributed by atoms with Gasteiger partial charge in [0.2, 0.25) is 0 Å². The smallest absolute Gasteiger partial charge is 0.410 e. The SMILES string of the molecule is CSc1ccc(-c2ccc(OCC3CCN(C(=O)OC(C)C)CC3)cc2)cc1. The van der Waals surface area contributed by atoms with Crippen LogP contribution in [-0.4, -0.2) is 43.0 Å². The monoisotopic (exact) mass is 399 g/mol. The number of hydrogen-bond donors (Lipinski definition) is 0. The van der Waals surface area contributed by atoms with Crippen LogP contribution in [0.25, 0.3) is 11.1 Å². The number of hydrogen-bond acceptors (Lipinski definition) is 4. The highest BCUT2D eigenvalue weighted by molar-refractivity contribution is 7.98. The van der Waals surface area contributed by atoms with Crippen LogP contribution in [0.1, 0.15) is 26.7 Å². The van der Waals surface area contributed by atoms with Crippen molar-refractivity contribution < 1.29 is 14.3 Å². The molecule has 5 heteroatoms. The first kappa shape index (κ1) is 20.6. The van der Waals surface area contributed by atoms with Crippen molar-refractivity contribution in [3.8, 4) is 16.9 Å². The fourth-order valence-corrected chi connectivity index (χ4v) is 3.71. The van der Waals surface area contributed by atoms with Gasteiger partial charge < -0.3 is 14.4 Å². The maximum Gasteiger partial charge on any atom is 0.410 e. The van der Waals surface area contributed by atoms with Crippen LogP contribution in [0.5, 0.6) is 5.75 Å². The van der Waals surface area contributed by atoms with Crippen molar-refractivity contribution in [2.75, 3.05) is 26.0 Å². The van der Waals surface area contributed by atoms with E-state index in [1.54, 1.807) is 16.7 Å². The molecular formula is C23H29NO3S. The highest BCUT2D eigenvalue weighted by Crippen LogP contribution is 2.26. The van der Waals surface area contributed by atoms with E-state index in [2.05, 4.69) is 42.7 Å². The third-order valence-electron chi connectivity index (χ3n) is 4.97. The fourth-order valence-electron chi connectivity index (χ4n) is 3.30. The molecular weight excluding hydrogens is 370 g/mol. The summed E-state index contributed by atoms with van der Waals surface area (Å²) in [7, 11) is 0. The van der Waals surface area contributed by atoms with E-state index in [1.807, 2.05) is 26.0 Å². The van der Waals surface area contributed by atoms with Gasteiger partial charge in [-0.15, -0.1) is 11.8 Å². The highest BCUT2D eigenvalue weighted by Gasteiger charge is 2.24. The van der Waals surface area contributed by atoms with Crippen LogP contribution in [0, 0.1) is 5.92 Å². The van der Waals surface area contributed by atoms with E-state index in [4.69, 9.17) is 9.47 Å². The number of amides is 1. The minimum atomic E-state index is -0.199. The molecule has 1 aliphatic rings. The minimum Gasteiger partial charge on any atom is -0.493 e. The van der Waals surface area contributed by atoms with Gasteiger partial charge in [-0.1, -0.05) is 24.3 Å². The Labute approximate surface area is 172 Å². The third-order valence-corrected chi connectivity index (χ3v) is 5.72. The van der Waals surface area contributed by atoms with Gasteiger partial charge in [-0.25, -0.2) is 4.79 Å². The summed E-state index contributed by atoms with van der Waals surface area (Å²) in [5, 5.41) is 0. The molecule has 3 rings (SSSR count). The molecule has 0 spiro atoms. The molecule has 1 heterocycles. The number of rotatable bonds is 6. The van der Waals surface area contributed by atoms with Gasteiger partial charge in [-0.05, 0) is 74.3 Å². The number of ether oxygens (including phenoxy) is 2. The van der Waals surface area contributed by atoms with Crippen molar-refractivity contribution in [3.05, 3.63) is 48.5 Å². The summed E-state index contributed by atoms with van der Waals surface area (Å²) in [4.78, 5) is 15.0. The highest BCUT2D eigenvalue weighted by atomic mass is 32.2. The van der Waals surface area contributed by atoms with Gasteiger partial charge in [0, 0.05) is 18.0 Å². The van der Waals surface area contributed by atoms with Crippen molar-refractivity contribution in [3.63, 3.8) is 0 Å². The number of carbonyl (C=O) groups is 1. The number of piperidine rings is 1. The van der Waals surface area contributed by atoms with Crippen LogP contribution in [0.4, 0.5) is 4.79 Å². The minimum absolute atomic E-state index is 0.0694. The van der Waals surface area contributed by atoms with Crippen LogP contribution in [0.2, 0.25) is 0 Å². The van der Waals surface area contributed by atoms with Gasteiger partial charge in [0.05, 0.1) is 12.7 Å². The average molecular weight is 400 g/mol. The Morgan fingerprint density at radius 1 is 1.04 bits per heavy atom. The molecule has 4 nitrogen and oxygen atoms in total. The Hall–Kier alpha value is -2.14. The van der Waals surface area contributed by atoms with E-state index in [1.165, 1.54) is 16.0 Å². The van der Waals surface area contributed by atoms with Crippen LogP contribution in [0.3, 0.4) is 0 Å². The number of carbonyl (C=O) groups excluding carboxylic acids is 1. The van der Waals surface area contributed by atoms with E-state index >= 15 is 0 Å². The van der Waals surface area contributed by atoms with Crippen LogP contribution in [-0.2, 0) is 4.74 Å². The lowest BCUT2D eigenvalue weighted by atomic mass is 9.98. The van der Waals surface area contributed by atoms with Crippen molar-refractivity contribution in [2.24, 2.45) is 5.92 Å². The lowest BCUT2D eigenvalue weighted by Crippen LogP contribution is -2.40. The summed E-state index contributed by atoms with van der Waals surface area (Å²) in [5.74, 6) is 1.37. The lowest BCUT2D eigenvalue weighted by Gasteiger charge is -2.31. The predicted octanol–water partition coefficient (Wildman–Crippen LogP) is 5.71. The molecule has 28 heavy (non-hydrogen) atoms. The van der Waals surface area contributed by atoms with Crippen molar-refractivity contribution in [1.82, 2.24) is 4.90 Å². The topological polar surface area (TPSA) is 38.8 Å². The number of thioether (sulfide) groups is 1. The molecule has 0 unspecified atom stereocenters. The summed E-state index contributed by atoms with van der Waals surface area (Å²) in [6.45, 7) is 5.93.